The van der Waals surface area contributed by atoms with Crippen molar-refractivity contribution in [3.05, 3.63) is 30.3 Å². The lowest BCUT2D eigenvalue weighted by molar-refractivity contribution is 0.469. The largest absolute Gasteiger partial charge is 0.380 e. The third kappa shape index (κ3) is 13.0. The van der Waals surface area contributed by atoms with E-state index in [9.17, 15) is 0 Å². The van der Waals surface area contributed by atoms with Crippen molar-refractivity contribution in [2.45, 2.75) is 54.0 Å². The van der Waals surface area contributed by atoms with Crippen molar-refractivity contribution in [2.24, 2.45) is 5.41 Å². The Hall–Kier alpha value is -0.980. The van der Waals surface area contributed by atoms with Gasteiger partial charge in [0.15, 0.2) is 0 Å². The van der Waals surface area contributed by atoms with Gasteiger partial charge in [0.1, 0.15) is 0 Å². The average molecular weight is 221 g/mol. The number of nitrogens with one attached hydrogen (secondary N) is 1. The van der Waals surface area contributed by atoms with Gasteiger partial charge in [-0.2, -0.15) is 0 Å². The summed E-state index contributed by atoms with van der Waals surface area (Å²) in [7, 11) is 0. The van der Waals surface area contributed by atoms with Gasteiger partial charge < -0.3 is 5.32 Å². The highest BCUT2D eigenvalue weighted by atomic mass is 14.9. The number of benzene rings is 1. The maximum absolute atomic E-state index is 3.38. The molecule has 1 N–H and O–H groups in total. The zero-order valence-corrected chi connectivity index (χ0v) is 11.9. The Morgan fingerprint density at radius 1 is 0.750 bits per heavy atom. The topological polar surface area (TPSA) is 12.0 Å². The fraction of sp³-hybridized carbons (Fsp3) is 0.600. The van der Waals surface area contributed by atoms with Crippen molar-refractivity contribution in [1.82, 2.24) is 0 Å². The molecule has 0 amide bonds. The first-order valence-corrected chi connectivity index (χ1v) is 5.91. The molecule has 0 aliphatic heterocycles. The highest BCUT2D eigenvalue weighted by Gasteiger charge is 2.07. The molecule has 0 bridgehead atoms. The van der Waals surface area contributed by atoms with E-state index >= 15 is 0 Å². The van der Waals surface area contributed by atoms with Crippen molar-refractivity contribution in [3.63, 3.8) is 0 Å². The summed E-state index contributed by atoms with van der Waals surface area (Å²) in [6, 6.07) is 10.2. The molecular weight excluding hydrogens is 194 g/mol. The fourth-order valence-corrected chi connectivity index (χ4v) is 0.954. The van der Waals surface area contributed by atoms with Gasteiger partial charge in [0.2, 0.25) is 0 Å². The van der Waals surface area contributed by atoms with Crippen molar-refractivity contribution >= 4 is 5.69 Å². The Bertz CT molecular complexity index is 269. The quantitative estimate of drug-likeness (QED) is 0.707. The summed E-state index contributed by atoms with van der Waals surface area (Å²) < 4.78 is 0. The second-order valence-electron chi connectivity index (χ2n) is 6.74. The van der Waals surface area contributed by atoms with Crippen LogP contribution in [0.3, 0.4) is 0 Å². The zero-order valence-electron chi connectivity index (χ0n) is 11.9. The van der Waals surface area contributed by atoms with Crippen LogP contribution in [0, 0.1) is 5.41 Å². The summed E-state index contributed by atoms with van der Waals surface area (Å²) in [5.41, 5.74) is 1.83. The van der Waals surface area contributed by atoms with Crippen LogP contribution in [0.1, 0.15) is 48.5 Å². The van der Waals surface area contributed by atoms with E-state index in [0.717, 1.165) is 0 Å². The number of para-hydroxylation sites is 1. The Morgan fingerprint density at radius 2 is 1.12 bits per heavy atom. The molecule has 0 aromatic heterocycles. The van der Waals surface area contributed by atoms with Gasteiger partial charge in [0.05, 0.1) is 0 Å². The molecule has 0 atom stereocenters. The molecule has 1 nitrogen and oxygen atoms in total. The molecule has 1 aromatic carbocycles. The van der Waals surface area contributed by atoms with E-state index in [2.05, 4.69) is 65.9 Å². The van der Waals surface area contributed by atoms with Gasteiger partial charge in [-0.3, -0.25) is 0 Å². The van der Waals surface area contributed by atoms with E-state index in [1.54, 1.807) is 0 Å². The molecule has 1 rings (SSSR count). The highest BCUT2D eigenvalue weighted by molar-refractivity contribution is 5.44. The van der Waals surface area contributed by atoms with Gasteiger partial charge in [-0.1, -0.05) is 45.9 Å². The summed E-state index contributed by atoms with van der Waals surface area (Å²) in [6.07, 6.45) is 0. The summed E-state index contributed by atoms with van der Waals surface area (Å²) in [6.45, 7) is 15.2. The van der Waals surface area contributed by atoms with Crippen molar-refractivity contribution in [1.29, 1.82) is 0 Å². The molecule has 92 valence electrons. The van der Waals surface area contributed by atoms with Gasteiger partial charge in [-0.25, -0.2) is 0 Å². The van der Waals surface area contributed by atoms with Crippen LogP contribution in [0.2, 0.25) is 0 Å². The van der Waals surface area contributed by atoms with Crippen molar-refractivity contribution in [3.8, 4) is 0 Å². The maximum atomic E-state index is 3.38. The third-order valence-corrected chi connectivity index (χ3v) is 1.29. The smallest absolute Gasteiger partial charge is 0.0344 e. The van der Waals surface area contributed by atoms with E-state index in [0.29, 0.717) is 5.41 Å². The lowest BCUT2D eigenvalue weighted by atomic mass is 10.0. The Balaban J connectivity index is 0.000000385. The lowest BCUT2D eigenvalue weighted by Gasteiger charge is -2.21. The van der Waals surface area contributed by atoms with Crippen LogP contribution in [0.5, 0.6) is 0 Å². The molecule has 0 saturated heterocycles. The summed E-state index contributed by atoms with van der Waals surface area (Å²) in [4.78, 5) is 0. The lowest BCUT2D eigenvalue weighted by Crippen LogP contribution is -2.25. The Kier molecular flexibility index (Phi) is 5.57. The molecule has 0 heterocycles. The van der Waals surface area contributed by atoms with Crippen LogP contribution in [0.4, 0.5) is 5.69 Å². The van der Waals surface area contributed by atoms with Gasteiger partial charge in [-0.15, -0.1) is 0 Å². The minimum Gasteiger partial charge on any atom is -0.380 e. The van der Waals surface area contributed by atoms with Crippen LogP contribution in [0.15, 0.2) is 30.3 Å². The van der Waals surface area contributed by atoms with Crippen LogP contribution in [-0.4, -0.2) is 5.54 Å². The maximum Gasteiger partial charge on any atom is 0.0344 e. The number of anilines is 1. The normalized spacial score (nSPS) is 11.4. The molecule has 0 spiro atoms. The average Bonchev–Trinajstić information content (AvgIpc) is 1.99. The number of rotatable bonds is 1. The first-order chi connectivity index (χ1) is 7.08. The molecule has 1 aromatic rings. The van der Waals surface area contributed by atoms with Gasteiger partial charge in [0.25, 0.3) is 0 Å². The number of hydrogen-bond donors (Lipinski definition) is 1. The van der Waals surface area contributed by atoms with Crippen LogP contribution in [-0.2, 0) is 0 Å². The van der Waals surface area contributed by atoms with E-state index in [-0.39, 0.29) is 5.54 Å². The zero-order chi connectivity index (χ0) is 12.8. The molecule has 16 heavy (non-hydrogen) atoms. The highest BCUT2D eigenvalue weighted by Crippen LogP contribution is 2.12. The van der Waals surface area contributed by atoms with E-state index in [1.165, 1.54) is 5.69 Å². The van der Waals surface area contributed by atoms with Crippen LogP contribution < -0.4 is 5.32 Å². The van der Waals surface area contributed by atoms with Gasteiger partial charge in [-0.05, 0) is 38.3 Å². The van der Waals surface area contributed by atoms with E-state index in [1.807, 2.05) is 18.2 Å². The van der Waals surface area contributed by atoms with E-state index < -0.39 is 0 Å². The molecule has 0 radical (unpaired) electrons. The second-order valence-corrected chi connectivity index (χ2v) is 6.74. The van der Waals surface area contributed by atoms with Crippen LogP contribution >= 0.6 is 0 Å². The summed E-state index contributed by atoms with van der Waals surface area (Å²) in [5, 5.41) is 3.38. The first-order valence-electron chi connectivity index (χ1n) is 5.91. The van der Waals surface area contributed by atoms with E-state index in [4.69, 9.17) is 0 Å². The summed E-state index contributed by atoms with van der Waals surface area (Å²) in [5.74, 6) is 0. The molecular formula is C15H27N. The van der Waals surface area contributed by atoms with Crippen LogP contribution in [0.25, 0.3) is 0 Å². The molecule has 0 fully saturated rings. The van der Waals surface area contributed by atoms with Gasteiger partial charge >= 0.3 is 0 Å². The van der Waals surface area contributed by atoms with Crippen molar-refractivity contribution < 1.29 is 0 Å². The predicted molar refractivity (Wildman–Crippen MR) is 74.9 cm³/mol. The fourth-order valence-electron chi connectivity index (χ4n) is 0.954. The molecule has 1 heteroatoms. The minimum absolute atomic E-state index is 0.154. The Labute approximate surface area is 101 Å². The predicted octanol–water partition coefficient (Wildman–Crippen LogP) is 4.95. The first kappa shape index (κ1) is 15.0. The molecule has 0 saturated carbocycles. The SMILES string of the molecule is CC(C)(C)C.CC(C)(C)Nc1ccccc1. The third-order valence-electron chi connectivity index (χ3n) is 1.29. The second kappa shape index (κ2) is 5.93. The molecule has 0 unspecified atom stereocenters. The monoisotopic (exact) mass is 221 g/mol. The molecule has 0 aliphatic carbocycles. The summed E-state index contributed by atoms with van der Waals surface area (Å²) >= 11 is 0. The van der Waals surface area contributed by atoms with Gasteiger partial charge in [0, 0.05) is 11.2 Å². The minimum atomic E-state index is 0.154. The Morgan fingerprint density at radius 3 is 1.44 bits per heavy atom. The van der Waals surface area contributed by atoms with Crippen molar-refractivity contribution in [2.75, 3.05) is 5.32 Å². The number of hydrogen-bond acceptors (Lipinski definition) is 1. The molecule has 0 aliphatic rings. The standard InChI is InChI=1S/C10H15N.C5H12/c1-10(2,3)11-9-7-5-4-6-8-9;1-5(2,3)4/h4-8,11H,1-3H3;1-4H3.